The Bertz CT molecular complexity index is 281. The minimum absolute atomic E-state index is 0.0212. The average molecular weight is 267 g/mol. The van der Waals surface area contributed by atoms with Crippen LogP contribution in [0, 0.1) is 11.8 Å². The molecular weight excluding hydrogens is 247 g/mol. The normalized spacial score (nSPS) is 26.9. The second-order valence-electron chi connectivity index (χ2n) is 4.98. The highest BCUT2D eigenvalue weighted by atomic mass is 19.4. The number of alkyl halides is 3. The zero-order valence-corrected chi connectivity index (χ0v) is 10.5. The summed E-state index contributed by atoms with van der Waals surface area (Å²) in [4.78, 5) is 10.6. The summed E-state index contributed by atoms with van der Waals surface area (Å²) in [6, 6.07) is 0.0212. The highest BCUT2D eigenvalue weighted by Gasteiger charge is 2.45. The Kier molecular flexibility index (Phi) is 5.44. The van der Waals surface area contributed by atoms with Gasteiger partial charge in [-0.05, 0) is 18.8 Å². The number of carboxylic acid groups (broad SMARTS) is 1. The molecule has 18 heavy (non-hydrogen) atoms. The molecule has 0 radical (unpaired) electrons. The molecule has 1 saturated carbocycles. The molecule has 1 rings (SSSR count). The quantitative estimate of drug-likeness (QED) is 0.805. The fourth-order valence-corrected chi connectivity index (χ4v) is 2.47. The second kappa shape index (κ2) is 6.41. The summed E-state index contributed by atoms with van der Waals surface area (Å²) in [5, 5.41) is 11.3. The van der Waals surface area contributed by atoms with Crippen molar-refractivity contribution in [2.45, 2.75) is 51.2 Å². The Labute approximate surface area is 105 Å². The molecule has 3 nitrogen and oxygen atoms in total. The third-order valence-electron chi connectivity index (χ3n) is 3.66. The monoisotopic (exact) mass is 267 g/mol. The van der Waals surface area contributed by atoms with Crippen molar-refractivity contribution in [3.8, 4) is 0 Å². The van der Waals surface area contributed by atoms with Crippen molar-refractivity contribution in [2.24, 2.45) is 11.8 Å². The van der Waals surface area contributed by atoms with Gasteiger partial charge in [-0.1, -0.05) is 26.2 Å². The minimum Gasteiger partial charge on any atom is -0.481 e. The fourth-order valence-electron chi connectivity index (χ4n) is 2.47. The molecule has 106 valence electrons. The van der Waals surface area contributed by atoms with Gasteiger partial charge < -0.3 is 10.4 Å². The molecule has 0 aromatic heterocycles. The molecule has 0 aromatic rings. The van der Waals surface area contributed by atoms with E-state index in [1.54, 1.807) is 0 Å². The summed E-state index contributed by atoms with van der Waals surface area (Å²) >= 11 is 0. The maximum atomic E-state index is 12.4. The van der Waals surface area contributed by atoms with Gasteiger partial charge in [-0.2, -0.15) is 13.2 Å². The van der Waals surface area contributed by atoms with Crippen LogP contribution in [-0.4, -0.2) is 29.8 Å². The molecule has 0 heterocycles. The van der Waals surface area contributed by atoms with Crippen LogP contribution in [0.4, 0.5) is 13.2 Å². The molecule has 3 unspecified atom stereocenters. The van der Waals surface area contributed by atoms with Crippen LogP contribution in [0.5, 0.6) is 0 Å². The zero-order chi connectivity index (χ0) is 13.8. The van der Waals surface area contributed by atoms with E-state index in [1.807, 2.05) is 0 Å². The van der Waals surface area contributed by atoms with Gasteiger partial charge in [-0.25, -0.2) is 0 Å². The summed E-state index contributed by atoms with van der Waals surface area (Å²) in [6.45, 7) is 1.54. The van der Waals surface area contributed by atoms with Crippen LogP contribution in [0.15, 0.2) is 0 Å². The van der Waals surface area contributed by atoms with E-state index in [1.165, 1.54) is 0 Å². The summed E-state index contributed by atoms with van der Waals surface area (Å²) < 4.78 is 37.3. The number of rotatable bonds is 5. The third-order valence-corrected chi connectivity index (χ3v) is 3.66. The van der Waals surface area contributed by atoms with Crippen LogP contribution < -0.4 is 5.32 Å². The van der Waals surface area contributed by atoms with Gasteiger partial charge in [0.15, 0.2) is 5.92 Å². The van der Waals surface area contributed by atoms with Crippen molar-refractivity contribution in [1.29, 1.82) is 0 Å². The fraction of sp³-hybridized carbons (Fsp3) is 0.917. The molecule has 1 fully saturated rings. The van der Waals surface area contributed by atoms with E-state index < -0.39 is 24.6 Å². The minimum atomic E-state index is -4.68. The van der Waals surface area contributed by atoms with Crippen molar-refractivity contribution in [2.75, 3.05) is 6.54 Å². The molecule has 0 spiro atoms. The first kappa shape index (κ1) is 15.3. The van der Waals surface area contributed by atoms with Gasteiger partial charge in [0.25, 0.3) is 0 Å². The van der Waals surface area contributed by atoms with Crippen LogP contribution in [0.3, 0.4) is 0 Å². The van der Waals surface area contributed by atoms with Crippen molar-refractivity contribution >= 4 is 5.97 Å². The van der Waals surface area contributed by atoms with Gasteiger partial charge >= 0.3 is 12.1 Å². The van der Waals surface area contributed by atoms with Crippen LogP contribution >= 0.6 is 0 Å². The first-order valence-electron chi connectivity index (χ1n) is 6.37. The number of hydrogen-bond acceptors (Lipinski definition) is 2. The molecule has 0 saturated heterocycles. The van der Waals surface area contributed by atoms with Gasteiger partial charge in [-0.3, -0.25) is 4.79 Å². The second-order valence-corrected chi connectivity index (χ2v) is 4.98. The Morgan fingerprint density at radius 1 is 1.44 bits per heavy atom. The molecule has 0 bridgehead atoms. The van der Waals surface area contributed by atoms with Crippen molar-refractivity contribution in [3.63, 3.8) is 0 Å². The van der Waals surface area contributed by atoms with E-state index in [4.69, 9.17) is 5.11 Å². The van der Waals surface area contributed by atoms with E-state index in [2.05, 4.69) is 12.2 Å². The van der Waals surface area contributed by atoms with Crippen LogP contribution in [0.25, 0.3) is 0 Å². The standard InChI is InChI=1S/C12H20F3NO2/c1-2-8-4-3-5-9(6-8)16-7-10(11(17)18)12(13,14)15/h8-10,16H,2-7H2,1H3,(H,17,18). The first-order chi connectivity index (χ1) is 8.34. The Morgan fingerprint density at radius 2 is 2.11 bits per heavy atom. The Hall–Kier alpha value is -0.780. The summed E-state index contributed by atoms with van der Waals surface area (Å²) in [6.07, 6.45) is 0.148. The van der Waals surface area contributed by atoms with E-state index >= 15 is 0 Å². The summed E-state index contributed by atoms with van der Waals surface area (Å²) in [5.74, 6) is -3.57. The molecule has 2 N–H and O–H groups in total. The molecule has 0 aliphatic heterocycles. The predicted molar refractivity (Wildman–Crippen MR) is 61.2 cm³/mol. The third kappa shape index (κ3) is 4.48. The van der Waals surface area contributed by atoms with Crippen molar-refractivity contribution < 1.29 is 23.1 Å². The maximum absolute atomic E-state index is 12.4. The molecular formula is C12H20F3NO2. The van der Waals surface area contributed by atoms with E-state index in [0.29, 0.717) is 5.92 Å². The predicted octanol–water partition coefficient (Wildman–Crippen LogP) is 2.81. The van der Waals surface area contributed by atoms with Gasteiger partial charge in [0.05, 0.1) is 0 Å². The van der Waals surface area contributed by atoms with Crippen molar-refractivity contribution in [3.05, 3.63) is 0 Å². The van der Waals surface area contributed by atoms with Gasteiger partial charge in [0.1, 0.15) is 0 Å². The smallest absolute Gasteiger partial charge is 0.403 e. The summed E-state index contributed by atoms with van der Waals surface area (Å²) in [7, 11) is 0. The number of nitrogens with one attached hydrogen (secondary N) is 1. The summed E-state index contributed by atoms with van der Waals surface area (Å²) in [5.41, 5.74) is 0. The largest absolute Gasteiger partial charge is 0.481 e. The van der Waals surface area contributed by atoms with Gasteiger partial charge in [-0.15, -0.1) is 0 Å². The molecule has 1 aliphatic carbocycles. The first-order valence-corrected chi connectivity index (χ1v) is 6.37. The van der Waals surface area contributed by atoms with Crippen LogP contribution in [0.2, 0.25) is 0 Å². The molecule has 0 aromatic carbocycles. The van der Waals surface area contributed by atoms with E-state index in [-0.39, 0.29) is 6.04 Å². The Balaban J connectivity index is 2.45. The van der Waals surface area contributed by atoms with Gasteiger partial charge in [0.2, 0.25) is 0 Å². The number of halogens is 3. The number of hydrogen-bond donors (Lipinski definition) is 2. The molecule has 3 atom stereocenters. The lowest BCUT2D eigenvalue weighted by molar-refractivity contribution is -0.192. The maximum Gasteiger partial charge on any atom is 0.403 e. The highest BCUT2D eigenvalue weighted by Crippen LogP contribution is 2.29. The lowest BCUT2D eigenvalue weighted by Crippen LogP contribution is -2.44. The number of aliphatic carboxylic acids is 1. The van der Waals surface area contributed by atoms with Crippen molar-refractivity contribution in [1.82, 2.24) is 5.32 Å². The number of carbonyl (C=O) groups is 1. The van der Waals surface area contributed by atoms with Crippen LogP contribution in [0.1, 0.15) is 39.0 Å². The molecule has 6 heteroatoms. The van der Waals surface area contributed by atoms with Crippen LogP contribution in [-0.2, 0) is 4.79 Å². The topological polar surface area (TPSA) is 49.3 Å². The molecule has 1 aliphatic rings. The zero-order valence-electron chi connectivity index (χ0n) is 10.5. The number of carboxylic acids is 1. The lowest BCUT2D eigenvalue weighted by Gasteiger charge is -2.30. The lowest BCUT2D eigenvalue weighted by atomic mass is 9.84. The Morgan fingerprint density at radius 3 is 2.61 bits per heavy atom. The SMILES string of the molecule is CCC1CCCC(NCC(C(=O)O)C(F)(F)F)C1. The van der Waals surface area contributed by atoms with Gasteiger partial charge in [0, 0.05) is 12.6 Å². The van der Waals surface area contributed by atoms with E-state index in [9.17, 15) is 18.0 Å². The van der Waals surface area contributed by atoms with E-state index in [0.717, 1.165) is 32.1 Å². The average Bonchev–Trinajstić information content (AvgIpc) is 2.27. The highest BCUT2D eigenvalue weighted by molar-refractivity contribution is 5.71. The molecule has 0 amide bonds.